The van der Waals surface area contributed by atoms with Crippen LogP contribution in [0.5, 0.6) is 0 Å². The van der Waals surface area contributed by atoms with Crippen LogP contribution in [0.25, 0.3) is 0 Å². The summed E-state index contributed by atoms with van der Waals surface area (Å²) < 4.78 is 19.1. The van der Waals surface area contributed by atoms with Crippen LogP contribution < -0.4 is 5.32 Å². The molecule has 106 valence electrons. The van der Waals surface area contributed by atoms with Crippen molar-refractivity contribution >= 4 is 0 Å². The molecule has 1 heterocycles. The Labute approximate surface area is 113 Å². The molecule has 1 fully saturated rings. The van der Waals surface area contributed by atoms with E-state index in [-0.39, 0.29) is 11.9 Å². The van der Waals surface area contributed by atoms with E-state index in [1.54, 1.807) is 18.2 Å². The zero-order chi connectivity index (χ0) is 13.7. The molecule has 19 heavy (non-hydrogen) atoms. The van der Waals surface area contributed by atoms with Crippen LogP contribution in [0.15, 0.2) is 24.3 Å². The highest BCUT2D eigenvalue weighted by molar-refractivity contribution is 5.19. The molecule has 0 bridgehead atoms. The van der Waals surface area contributed by atoms with Gasteiger partial charge in [0.2, 0.25) is 0 Å². The van der Waals surface area contributed by atoms with Crippen LogP contribution in [0.3, 0.4) is 0 Å². The molecule has 2 unspecified atom stereocenters. The van der Waals surface area contributed by atoms with Gasteiger partial charge in [0, 0.05) is 31.7 Å². The van der Waals surface area contributed by atoms with Gasteiger partial charge in [-0.05, 0) is 13.1 Å². The Morgan fingerprint density at radius 1 is 1.53 bits per heavy atom. The predicted molar refractivity (Wildman–Crippen MR) is 71.5 cm³/mol. The number of aliphatic hydroxyl groups is 1. The normalized spacial score (nSPS) is 22.4. The van der Waals surface area contributed by atoms with Gasteiger partial charge < -0.3 is 20.1 Å². The summed E-state index contributed by atoms with van der Waals surface area (Å²) in [5, 5.41) is 13.1. The standard InChI is InChI=1S/C14H21FN2O2/c1-17-6-7-19-11(10-17)8-16-9-14(18)12-4-2-3-5-13(12)15/h2-5,11,14,16,18H,6-10H2,1H3. The summed E-state index contributed by atoms with van der Waals surface area (Å²) in [5.41, 5.74) is 0.330. The minimum absolute atomic E-state index is 0.131. The number of morpholine rings is 1. The summed E-state index contributed by atoms with van der Waals surface area (Å²) in [7, 11) is 2.06. The van der Waals surface area contributed by atoms with Crippen LogP contribution >= 0.6 is 0 Å². The average Bonchev–Trinajstić information content (AvgIpc) is 2.39. The zero-order valence-corrected chi connectivity index (χ0v) is 11.2. The maximum Gasteiger partial charge on any atom is 0.129 e. The third-order valence-electron chi connectivity index (χ3n) is 3.32. The van der Waals surface area contributed by atoms with E-state index in [0.29, 0.717) is 18.7 Å². The minimum atomic E-state index is -0.831. The van der Waals surface area contributed by atoms with Gasteiger partial charge in [0.15, 0.2) is 0 Å². The summed E-state index contributed by atoms with van der Waals surface area (Å²) in [6, 6.07) is 6.30. The van der Waals surface area contributed by atoms with Crippen LogP contribution in [-0.2, 0) is 4.74 Å². The third kappa shape index (κ3) is 4.24. The van der Waals surface area contributed by atoms with Crippen LogP contribution in [0.4, 0.5) is 4.39 Å². The Balaban J connectivity index is 1.75. The number of nitrogens with one attached hydrogen (secondary N) is 1. The molecule has 0 saturated carbocycles. The highest BCUT2D eigenvalue weighted by Crippen LogP contribution is 2.15. The predicted octanol–water partition coefficient (Wildman–Crippen LogP) is 0.779. The molecule has 0 spiro atoms. The lowest BCUT2D eigenvalue weighted by Crippen LogP contribution is -2.45. The molecule has 1 aromatic carbocycles. The van der Waals surface area contributed by atoms with E-state index in [9.17, 15) is 9.50 Å². The maximum absolute atomic E-state index is 13.5. The Hall–Kier alpha value is -1.01. The molecule has 1 aliphatic rings. The van der Waals surface area contributed by atoms with Crippen LogP contribution in [0, 0.1) is 5.82 Å². The number of halogens is 1. The third-order valence-corrected chi connectivity index (χ3v) is 3.32. The fraction of sp³-hybridized carbons (Fsp3) is 0.571. The quantitative estimate of drug-likeness (QED) is 0.828. The molecule has 4 nitrogen and oxygen atoms in total. The second-order valence-electron chi connectivity index (χ2n) is 4.95. The Morgan fingerprint density at radius 3 is 3.05 bits per heavy atom. The van der Waals surface area contributed by atoms with Crippen molar-refractivity contribution in [2.24, 2.45) is 0 Å². The molecule has 0 aromatic heterocycles. The Bertz CT molecular complexity index is 403. The number of nitrogens with zero attached hydrogens (tertiary/aromatic N) is 1. The van der Waals surface area contributed by atoms with Gasteiger partial charge in [-0.3, -0.25) is 0 Å². The van der Waals surface area contributed by atoms with E-state index in [1.165, 1.54) is 6.07 Å². The van der Waals surface area contributed by atoms with Crippen molar-refractivity contribution in [3.63, 3.8) is 0 Å². The fourth-order valence-corrected chi connectivity index (χ4v) is 2.23. The molecule has 1 saturated heterocycles. The first-order chi connectivity index (χ1) is 9.16. The molecule has 2 rings (SSSR count). The lowest BCUT2D eigenvalue weighted by Gasteiger charge is -2.30. The molecule has 1 aliphatic heterocycles. The first-order valence-corrected chi connectivity index (χ1v) is 6.60. The molecule has 0 aliphatic carbocycles. The number of rotatable bonds is 5. The van der Waals surface area contributed by atoms with Crippen molar-refractivity contribution in [3.05, 3.63) is 35.6 Å². The first kappa shape index (κ1) is 14.4. The number of ether oxygens (including phenoxy) is 1. The van der Waals surface area contributed by atoms with E-state index in [2.05, 4.69) is 17.3 Å². The smallest absolute Gasteiger partial charge is 0.129 e. The average molecular weight is 268 g/mol. The largest absolute Gasteiger partial charge is 0.387 e. The van der Waals surface area contributed by atoms with E-state index in [4.69, 9.17) is 4.74 Å². The molecule has 2 atom stereocenters. The van der Waals surface area contributed by atoms with Crippen molar-refractivity contribution in [2.45, 2.75) is 12.2 Å². The van der Waals surface area contributed by atoms with Crippen molar-refractivity contribution < 1.29 is 14.2 Å². The van der Waals surface area contributed by atoms with Crippen molar-refractivity contribution in [3.8, 4) is 0 Å². The first-order valence-electron chi connectivity index (χ1n) is 6.60. The van der Waals surface area contributed by atoms with E-state index < -0.39 is 6.10 Å². The van der Waals surface area contributed by atoms with Crippen molar-refractivity contribution in [1.29, 1.82) is 0 Å². The monoisotopic (exact) mass is 268 g/mol. The van der Waals surface area contributed by atoms with Gasteiger partial charge in [-0.2, -0.15) is 0 Å². The summed E-state index contributed by atoms with van der Waals surface area (Å²) in [6.07, 6.45) is -0.700. The van der Waals surface area contributed by atoms with Crippen LogP contribution in [0.2, 0.25) is 0 Å². The van der Waals surface area contributed by atoms with Gasteiger partial charge in [0.05, 0.1) is 18.8 Å². The summed E-state index contributed by atoms with van der Waals surface area (Å²) in [5.74, 6) is -0.370. The number of hydrogen-bond acceptors (Lipinski definition) is 4. The molecule has 0 radical (unpaired) electrons. The summed E-state index contributed by atoms with van der Waals surface area (Å²) in [4.78, 5) is 2.21. The highest BCUT2D eigenvalue weighted by Gasteiger charge is 2.18. The summed E-state index contributed by atoms with van der Waals surface area (Å²) >= 11 is 0. The lowest BCUT2D eigenvalue weighted by atomic mass is 10.1. The van der Waals surface area contributed by atoms with Gasteiger partial charge >= 0.3 is 0 Å². The second-order valence-corrected chi connectivity index (χ2v) is 4.95. The molecule has 5 heteroatoms. The zero-order valence-electron chi connectivity index (χ0n) is 11.2. The van der Waals surface area contributed by atoms with Crippen molar-refractivity contribution in [2.75, 3.05) is 39.8 Å². The van der Waals surface area contributed by atoms with E-state index in [1.807, 2.05) is 0 Å². The number of benzene rings is 1. The fourth-order valence-electron chi connectivity index (χ4n) is 2.23. The molecular weight excluding hydrogens is 247 g/mol. The highest BCUT2D eigenvalue weighted by atomic mass is 19.1. The second kappa shape index (κ2) is 6.96. The van der Waals surface area contributed by atoms with Gasteiger partial charge in [0.25, 0.3) is 0 Å². The molecular formula is C14H21FN2O2. The molecule has 1 aromatic rings. The van der Waals surface area contributed by atoms with Gasteiger partial charge in [0.1, 0.15) is 5.82 Å². The lowest BCUT2D eigenvalue weighted by molar-refractivity contribution is -0.0191. The minimum Gasteiger partial charge on any atom is -0.387 e. The van der Waals surface area contributed by atoms with Gasteiger partial charge in [-0.15, -0.1) is 0 Å². The van der Waals surface area contributed by atoms with Gasteiger partial charge in [-0.1, -0.05) is 18.2 Å². The molecule has 2 N–H and O–H groups in total. The maximum atomic E-state index is 13.5. The number of aliphatic hydroxyl groups excluding tert-OH is 1. The van der Waals surface area contributed by atoms with Gasteiger partial charge in [-0.25, -0.2) is 4.39 Å². The molecule has 0 amide bonds. The van der Waals surface area contributed by atoms with Crippen LogP contribution in [0.1, 0.15) is 11.7 Å². The van der Waals surface area contributed by atoms with Crippen LogP contribution in [-0.4, -0.2) is 55.9 Å². The Kier molecular flexibility index (Phi) is 5.27. The number of likely N-dealkylation sites (N-methyl/N-ethyl adjacent to an activating group) is 1. The SMILES string of the molecule is CN1CCOC(CNCC(O)c2ccccc2F)C1. The van der Waals surface area contributed by atoms with E-state index in [0.717, 1.165) is 19.7 Å². The van der Waals surface area contributed by atoms with Crippen molar-refractivity contribution in [1.82, 2.24) is 10.2 Å². The Morgan fingerprint density at radius 2 is 2.32 bits per heavy atom. The van der Waals surface area contributed by atoms with E-state index >= 15 is 0 Å². The topological polar surface area (TPSA) is 44.7 Å². The number of hydrogen-bond donors (Lipinski definition) is 2. The summed E-state index contributed by atoms with van der Waals surface area (Å²) in [6.45, 7) is 3.55.